The zero-order chi connectivity index (χ0) is 28.1. The molecule has 3 heterocycles. The maximum Gasteiger partial charge on any atom is 0.410 e. The number of carbonyl (C=O) groups excluding carboxylic acids is 1. The molecule has 1 N–H and O–H groups in total. The molecular formula is C31H36N6O2S. The number of ether oxygens (including phenoxy) is 1. The summed E-state index contributed by atoms with van der Waals surface area (Å²) < 4.78 is 5.57. The molecule has 9 heteroatoms. The average molecular weight is 557 g/mol. The Morgan fingerprint density at radius 3 is 2.50 bits per heavy atom. The van der Waals surface area contributed by atoms with E-state index < -0.39 is 5.60 Å². The van der Waals surface area contributed by atoms with Gasteiger partial charge >= 0.3 is 6.09 Å². The fraction of sp³-hybridized carbons (Fsp3) is 0.355. The van der Waals surface area contributed by atoms with Crippen LogP contribution in [0, 0.1) is 6.92 Å². The topological polar surface area (TPSA) is 83.5 Å². The number of piperazine rings is 1. The Labute approximate surface area is 240 Å². The third-order valence-electron chi connectivity index (χ3n) is 6.54. The lowest BCUT2D eigenvalue weighted by molar-refractivity contribution is 0.0240. The molecule has 40 heavy (non-hydrogen) atoms. The van der Waals surface area contributed by atoms with Gasteiger partial charge in [-0.2, -0.15) is 0 Å². The number of hydrogen-bond acceptors (Lipinski definition) is 8. The highest BCUT2D eigenvalue weighted by Gasteiger charge is 2.28. The van der Waals surface area contributed by atoms with E-state index in [0.29, 0.717) is 32.1 Å². The summed E-state index contributed by atoms with van der Waals surface area (Å²) in [7, 11) is 0. The van der Waals surface area contributed by atoms with Crippen molar-refractivity contribution < 1.29 is 9.53 Å². The first kappa shape index (κ1) is 27.6. The van der Waals surface area contributed by atoms with Crippen molar-refractivity contribution in [3.8, 4) is 21.8 Å². The van der Waals surface area contributed by atoms with E-state index in [0.717, 1.165) is 39.9 Å². The second-order valence-corrected chi connectivity index (χ2v) is 11.9. The average Bonchev–Trinajstić information content (AvgIpc) is 3.39. The zero-order valence-electron chi connectivity index (χ0n) is 23.6. The van der Waals surface area contributed by atoms with Gasteiger partial charge in [0.25, 0.3) is 0 Å². The molecule has 0 radical (unpaired) electrons. The highest BCUT2D eigenvalue weighted by molar-refractivity contribution is 7.19. The van der Waals surface area contributed by atoms with Crippen LogP contribution in [0.1, 0.15) is 31.9 Å². The number of nitrogens with one attached hydrogen (secondary N) is 1. The molecule has 1 aliphatic heterocycles. The second-order valence-electron chi connectivity index (χ2n) is 10.9. The first-order valence-corrected chi connectivity index (χ1v) is 14.5. The Morgan fingerprint density at radius 1 is 1.00 bits per heavy atom. The molecule has 0 atom stereocenters. The number of rotatable bonds is 7. The predicted molar refractivity (Wildman–Crippen MR) is 162 cm³/mol. The molecule has 2 aromatic heterocycles. The van der Waals surface area contributed by atoms with Crippen molar-refractivity contribution in [1.82, 2.24) is 19.9 Å². The predicted octanol–water partition coefficient (Wildman–Crippen LogP) is 6.29. The number of thiazole rings is 1. The third kappa shape index (κ3) is 6.96. The van der Waals surface area contributed by atoms with E-state index in [2.05, 4.69) is 70.7 Å². The van der Waals surface area contributed by atoms with Gasteiger partial charge in [-0.15, -0.1) is 0 Å². The van der Waals surface area contributed by atoms with Crippen molar-refractivity contribution in [2.75, 3.05) is 42.9 Å². The largest absolute Gasteiger partial charge is 0.444 e. The Hall–Kier alpha value is -3.98. The summed E-state index contributed by atoms with van der Waals surface area (Å²) >= 11 is 1.63. The van der Waals surface area contributed by atoms with Gasteiger partial charge in [-0.25, -0.2) is 19.7 Å². The van der Waals surface area contributed by atoms with E-state index in [-0.39, 0.29) is 6.09 Å². The molecule has 0 bridgehead atoms. The number of nitrogens with zero attached hydrogens (tertiary/aromatic N) is 5. The minimum atomic E-state index is -0.506. The smallest absolute Gasteiger partial charge is 0.410 e. The molecule has 208 valence electrons. The standard InChI is InChI=1S/C31H36N6O2S/c1-22-9-8-12-24(21-22)26-27(25-14-16-33-28(34-25)32-15-13-23-10-6-5-7-11-23)40-29(35-26)36-17-19-37(20-18-36)30(38)39-31(2,3)4/h5-12,14,16,21H,13,15,17-20H2,1-4H3,(H,32,33,34). The van der Waals surface area contributed by atoms with Gasteiger partial charge in [-0.3, -0.25) is 0 Å². The van der Waals surface area contributed by atoms with Gasteiger partial charge in [-0.05, 0) is 51.8 Å². The van der Waals surface area contributed by atoms with Gasteiger partial charge in [0.05, 0.1) is 16.3 Å². The van der Waals surface area contributed by atoms with Crippen molar-refractivity contribution >= 4 is 28.5 Å². The number of amides is 1. The van der Waals surface area contributed by atoms with Crippen molar-refractivity contribution in [3.63, 3.8) is 0 Å². The van der Waals surface area contributed by atoms with Crippen LogP contribution in [0.2, 0.25) is 0 Å². The lowest BCUT2D eigenvalue weighted by atomic mass is 10.1. The number of anilines is 2. The first-order chi connectivity index (χ1) is 19.2. The van der Waals surface area contributed by atoms with E-state index in [4.69, 9.17) is 14.7 Å². The van der Waals surface area contributed by atoms with E-state index in [1.807, 2.05) is 32.9 Å². The molecule has 5 rings (SSSR count). The summed E-state index contributed by atoms with van der Waals surface area (Å²) in [6, 6.07) is 20.7. The molecule has 1 saturated heterocycles. The Morgan fingerprint density at radius 2 is 1.77 bits per heavy atom. The van der Waals surface area contributed by atoms with Crippen LogP contribution in [-0.4, -0.2) is 64.3 Å². The van der Waals surface area contributed by atoms with Gasteiger partial charge in [0.1, 0.15) is 5.60 Å². The highest BCUT2D eigenvalue weighted by Crippen LogP contribution is 2.40. The van der Waals surface area contributed by atoms with Crippen LogP contribution in [0.25, 0.3) is 21.8 Å². The third-order valence-corrected chi connectivity index (χ3v) is 7.68. The summed E-state index contributed by atoms with van der Waals surface area (Å²) in [4.78, 5) is 32.0. The summed E-state index contributed by atoms with van der Waals surface area (Å²) in [5.41, 5.74) is 4.74. The van der Waals surface area contributed by atoms with Crippen molar-refractivity contribution in [2.45, 2.75) is 39.7 Å². The molecule has 0 unspecified atom stereocenters. The minimum absolute atomic E-state index is 0.263. The number of benzene rings is 2. The van der Waals surface area contributed by atoms with Gasteiger partial charge < -0.3 is 19.9 Å². The molecule has 1 amide bonds. The van der Waals surface area contributed by atoms with Crippen molar-refractivity contribution in [2.24, 2.45) is 0 Å². The minimum Gasteiger partial charge on any atom is -0.444 e. The van der Waals surface area contributed by atoms with Crippen molar-refractivity contribution in [1.29, 1.82) is 0 Å². The maximum absolute atomic E-state index is 12.6. The Bertz CT molecular complexity index is 1440. The van der Waals surface area contributed by atoms with Crippen LogP contribution in [-0.2, 0) is 11.2 Å². The molecule has 0 spiro atoms. The van der Waals surface area contributed by atoms with Crippen LogP contribution in [0.15, 0.2) is 66.9 Å². The monoisotopic (exact) mass is 556 g/mol. The molecule has 4 aromatic rings. The fourth-order valence-corrected chi connectivity index (χ4v) is 5.66. The van der Waals surface area contributed by atoms with Gasteiger partial charge in [0.2, 0.25) is 5.95 Å². The molecule has 8 nitrogen and oxygen atoms in total. The van der Waals surface area contributed by atoms with E-state index in [1.165, 1.54) is 11.1 Å². The Balaban J connectivity index is 1.36. The maximum atomic E-state index is 12.6. The van der Waals surface area contributed by atoms with Gasteiger partial charge in [0, 0.05) is 44.5 Å². The summed E-state index contributed by atoms with van der Waals surface area (Å²) in [5.74, 6) is 0.601. The van der Waals surface area contributed by atoms with Crippen LogP contribution < -0.4 is 10.2 Å². The van der Waals surface area contributed by atoms with E-state index >= 15 is 0 Å². The Kier molecular flexibility index (Phi) is 8.30. The fourth-order valence-electron chi connectivity index (χ4n) is 4.55. The van der Waals surface area contributed by atoms with E-state index in [1.54, 1.807) is 22.4 Å². The highest BCUT2D eigenvalue weighted by atomic mass is 32.1. The first-order valence-electron chi connectivity index (χ1n) is 13.7. The molecule has 0 saturated carbocycles. The zero-order valence-corrected chi connectivity index (χ0v) is 24.4. The summed E-state index contributed by atoms with van der Waals surface area (Å²) in [6.45, 7) is 11.1. The lowest BCUT2D eigenvalue weighted by Crippen LogP contribution is -2.50. The van der Waals surface area contributed by atoms with Crippen LogP contribution in [0.4, 0.5) is 15.9 Å². The van der Waals surface area contributed by atoms with Crippen LogP contribution in [0.5, 0.6) is 0 Å². The lowest BCUT2D eigenvalue weighted by Gasteiger charge is -2.35. The quantitative estimate of drug-likeness (QED) is 0.287. The molecule has 1 aliphatic rings. The SMILES string of the molecule is Cc1cccc(-c2nc(N3CCN(C(=O)OC(C)(C)C)CC3)sc2-c2ccnc(NCCc3ccccc3)n2)c1. The number of aromatic nitrogens is 3. The van der Waals surface area contributed by atoms with E-state index in [9.17, 15) is 4.79 Å². The second kappa shape index (κ2) is 12.0. The molecule has 0 aliphatic carbocycles. The van der Waals surface area contributed by atoms with Gasteiger partial charge in [0.15, 0.2) is 5.13 Å². The normalized spacial score (nSPS) is 13.8. The summed E-state index contributed by atoms with van der Waals surface area (Å²) in [5, 5.41) is 4.30. The molecule has 2 aromatic carbocycles. The van der Waals surface area contributed by atoms with Crippen LogP contribution >= 0.6 is 11.3 Å². The van der Waals surface area contributed by atoms with Crippen LogP contribution in [0.3, 0.4) is 0 Å². The van der Waals surface area contributed by atoms with Crippen molar-refractivity contribution in [3.05, 3.63) is 78.0 Å². The number of carbonyl (C=O) groups is 1. The number of aryl methyl sites for hydroxylation is 1. The summed E-state index contributed by atoms with van der Waals surface area (Å²) in [6.07, 6.45) is 2.43. The number of hydrogen-bond donors (Lipinski definition) is 1. The molecule has 1 fully saturated rings. The van der Waals surface area contributed by atoms with Gasteiger partial charge in [-0.1, -0.05) is 65.4 Å². The molecular weight excluding hydrogens is 520 g/mol.